The lowest BCUT2D eigenvalue weighted by Gasteiger charge is -2.13. The molecule has 2 rings (SSSR count). The Hall–Kier alpha value is -0.530. The van der Waals surface area contributed by atoms with E-state index in [1.807, 2.05) is 0 Å². The summed E-state index contributed by atoms with van der Waals surface area (Å²) in [5.74, 6) is 1.74. The molecular formula is C8H12N2O3S2. The number of hydrogen-bond acceptors (Lipinski definition) is 5. The van der Waals surface area contributed by atoms with Crippen LogP contribution in [0.15, 0.2) is 9.42 Å². The van der Waals surface area contributed by atoms with Gasteiger partial charge < -0.3 is 4.52 Å². The zero-order chi connectivity index (χ0) is 11.1. The summed E-state index contributed by atoms with van der Waals surface area (Å²) in [6, 6.07) is 0. The molecule has 0 radical (unpaired) electrons. The minimum absolute atomic E-state index is 0.227. The fraction of sp³-hybridized carbons (Fsp3) is 0.625. The smallest absolute Gasteiger partial charge is 0.249 e. The van der Waals surface area contributed by atoms with E-state index in [4.69, 9.17) is 4.52 Å². The number of thioether (sulfide) groups is 1. The highest BCUT2D eigenvalue weighted by molar-refractivity contribution is 8.00. The second-order valence-electron chi connectivity index (χ2n) is 3.37. The van der Waals surface area contributed by atoms with Crippen molar-refractivity contribution in [1.82, 2.24) is 9.46 Å². The summed E-state index contributed by atoms with van der Waals surface area (Å²) in [7, 11) is -3.40. The summed E-state index contributed by atoms with van der Waals surface area (Å²) in [4.78, 5) is 0.227. The highest BCUT2D eigenvalue weighted by atomic mass is 32.2. The van der Waals surface area contributed by atoms with Crippen molar-refractivity contribution in [2.45, 2.75) is 18.7 Å². The average molecular weight is 248 g/mol. The van der Waals surface area contributed by atoms with Crippen molar-refractivity contribution in [3.8, 4) is 0 Å². The van der Waals surface area contributed by atoms with Crippen molar-refractivity contribution in [3.05, 3.63) is 11.5 Å². The first kappa shape index (κ1) is 11.0. The molecule has 15 heavy (non-hydrogen) atoms. The lowest BCUT2D eigenvalue weighted by molar-refractivity contribution is 0.390. The maximum Gasteiger partial charge on any atom is 0.249 e. The highest BCUT2D eigenvalue weighted by Gasteiger charge is 2.32. The summed E-state index contributed by atoms with van der Waals surface area (Å²) in [6.45, 7) is 3.83. The van der Waals surface area contributed by atoms with Crippen LogP contribution in [-0.4, -0.2) is 36.1 Å². The molecule has 2 heterocycles. The molecule has 1 aromatic rings. The molecule has 1 aromatic heterocycles. The zero-order valence-electron chi connectivity index (χ0n) is 8.56. The van der Waals surface area contributed by atoms with Gasteiger partial charge in [0.25, 0.3) is 0 Å². The summed E-state index contributed by atoms with van der Waals surface area (Å²) in [5, 5.41) is 3.67. The highest BCUT2D eigenvalue weighted by Crippen LogP contribution is 2.27. The largest absolute Gasteiger partial charge is 0.360 e. The van der Waals surface area contributed by atoms with Gasteiger partial charge in [-0.15, -0.1) is 11.8 Å². The molecule has 1 aliphatic rings. The third kappa shape index (κ3) is 1.79. The van der Waals surface area contributed by atoms with Gasteiger partial charge in [-0.25, -0.2) is 8.42 Å². The van der Waals surface area contributed by atoms with Crippen LogP contribution in [-0.2, 0) is 10.0 Å². The van der Waals surface area contributed by atoms with E-state index < -0.39 is 10.0 Å². The molecule has 1 aliphatic heterocycles. The molecule has 7 heteroatoms. The average Bonchev–Trinajstić information content (AvgIpc) is 2.75. The Morgan fingerprint density at radius 2 is 2.20 bits per heavy atom. The van der Waals surface area contributed by atoms with Gasteiger partial charge >= 0.3 is 0 Å². The second kappa shape index (κ2) is 3.80. The minimum atomic E-state index is -3.40. The zero-order valence-corrected chi connectivity index (χ0v) is 10.2. The van der Waals surface area contributed by atoms with Gasteiger partial charge in [0, 0.05) is 12.3 Å². The SMILES string of the molecule is Cc1noc(C)c1S(=O)(=O)N1CCSC1. The Bertz CT molecular complexity index is 441. The normalized spacial score (nSPS) is 18.5. The molecule has 0 spiro atoms. The van der Waals surface area contributed by atoms with Gasteiger partial charge in [0.1, 0.15) is 10.6 Å². The van der Waals surface area contributed by atoms with Gasteiger partial charge in [-0.3, -0.25) is 0 Å². The third-order valence-corrected chi connectivity index (χ3v) is 5.51. The summed E-state index contributed by atoms with van der Waals surface area (Å²) in [6.07, 6.45) is 0. The van der Waals surface area contributed by atoms with Crippen molar-refractivity contribution in [2.75, 3.05) is 18.2 Å². The van der Waals surface area contributed by atoms with Crippen LogP contribution in [0.4, 0.5) is 0 Å². The minimum Gasteiger partial charge on any atom is -0.360 e. The van der Waals surface area contributed by atoms with E-state index >= 15 is 0 Å². The number of nitrogens with zero attached hydrogens (tertiary/aromatic N) is 2. The molecule has 0 unspecified atom stereocenters. The molecule has 84 valence electrons. The van der Waals surface area contributed by atoms with Gasteiger partial charge in [0.15, 0.2) is 5.76 Å². The molecular weight excluding hydrogens is 236 g/mol. The molecule has 0 aliphatic carbocycles. The Kier molecular flexibility index (Phi) is 2.78. The summed E-state index contributed by atoms with van der Waals surface area (Å²) >= 11 is 1.61. The van der Waals surface area contributed by atoms with Crippen LogP contribution in [0.3, 0.4) is 0 Å². The first-order valence-electron chi connectivity index (χ1n) is 4.54. The van der Waals surface area contributed by atoms with Crippen molar-refractivity contribution in [2.24, 2.45) is 0 Å². The topological polar surface area (TPSA) is 63.4 Å². The second-order valence-corrected chi connectivity index (χ2v) is 6.32. The molecule has 0 saturated carbocycles. The number of aromatic nitrogens is 1. The van der Waals surface area contributed by atoms with Crippen LogP contribution in [0.5, 0.6) is 0 Å². The van der Waals surface area contributed by atoms with E-state index in [0.29, 0.717) is 23.9 Å². The van der Waals surface area contributed by atoms with Crippen LogP contribution in [0.2, 0.25) is 0 Å². The first-order valence-corrected chi connectivity index (χ1v) is 7.13. The van der Waals surface area contributed by atoms with E-state index in [1.165, 1.54) is 4.31 Å². The molecule has 0 N–H and O–H groups in total. The predicted octanol–water partition coefficient (Wildman–Crippen LogP) is 0.986. The summed E-state index contributed by atoms with van der Waals surface area (Å²) < 4.78 is 30.6. The van der Waals surface area contributed by atoms with Crippen LogP contribution < -0.4 is 0 Å². The molecule has 0 amide bonds. The standard InChI is InChI=1S/C8H12N2O3S2/c1-6-8(7(2)13-9-6)15(11,12)10-3-4-14-5-10/h3-5H2,1-2H3. The van der Waals surface area contributed by atoms with E-state index in [2.05, 4.69) is 5.16 Å². The van der Waals surface area contributed by atoms with Gasteiger partial charge in [-0.2, -0.15) is 4.31 Å². The van der Waals surface area contributed by atoms with E-state index in [9.17, 15) is 8.42 Å². The van der Waals surface area contributed by atoms with Crippen molar-refractivity contribution < 1.29 is 12.9 Å². The first-order chi connectivity index (χ1) is 7.03. The summed E-state index contributed by atoms with van der Waals surface area (Å²) in [5.41, 5.74) is 0.435. The Balaban J connectivity index is 2.45. The number of aryl methyl sites for hydroxylation is 2. The van der Waals surface area contributed by atoms with Gasteiger partial charge in [0.05, 0.1) is 5.88 Å². The molecule has 0 bridgehead atoms. The number of sulfonamides is 1. The fourth-order valence-corrected chi connectivity index (χ4v) is 4.67. The van der Waals surface area contributed by atoms with Crippen molar-refractivity contribution in [3.63, 3.8) is 0 Å². The molecule has 1 fully saturated rings. The lowest BCUT2D eigenvalue weighted by Crippen LogP contribution is -2.28. The maximum atomic E-state index is 12.1. The number of rotatable bonds is 2. The van der Waals surface area contributed by atoms with Crippen molar-refractivity contribution in [1.29, 1.82) is 0 Å². The fourth-order valence-electron chi connectivity index (χ4n) is 1.56. The number of hydrogen-bond donors (Lipinski definition) is 0. The van der Waals surface area contributed by atoms with Crippen molar-refractivity contribution >= 4 is 21.8 Å². The monoisotopic (exact) mass is 248 g/mol. The molecule has 1 saturated heterocycles. The van der Waals surface area contributed by atoms with Gasteiger partial charge in [-0.05, 0) is 13.8 Å². The molecule has 0 atom stereocenters. The van der Waals surface area contributed by atoms with Gasteiger partial charge in [0.2, 0.25) is 10.0 Å². The Morgan fingerprint density at radius 3 is 2.67 bits per heavy atom. The van der Waals surface area contributed by atoms with E-state index in [-0.39, 0.29) is 4.90 Å². The van der Waals surface area contributed by atoms with Crippen LogP contribution >= 0.6 is 11.8 Å². The molecule has 5 nitrogen and oxygen atoms in total. The predicted molar refractivity (Wildman–Crippen MR) is 57.2 cm³/mol. The van der Waals surface area contributed by atoms with Gasteiger partial charge in [-0.1, -0.05) is 5.16 Å². The lowest BCUT2D eigenvalue weighted by atomic mass is 10.4. The Morgan fingerprint density at radius 1 is 1.47 bits per heavy atom. The van der Waals surface area contributed by atoms with Crippen LogP contribution in [0, 0.1) is 13.8 Å². The third-order valence-electron chi connectivity index (χ3n) is 2.29. The molecule has 0 aromatic carbocycles. The van der Waals surface area contributed by atoms with Crippen LogP contribution in [0.1, 0.15) is 11.5 Å². The van der Waals surface area contributed by atoms with E-state index in [0.717, 1.165) is 5.75 Å². The maximum absolute atomic E-state index is 12.1. The quantitative estimate of drug-likeness (QED) is 0.781. The van der Waals surface area contributed by atoms with Crippen LogP contribution in [0.25, 0.3) is 0 Å². The Labute approximate surface area is 92.9 Å². The van der Waals surface area contributed by atoms with E-state index in [1.54, 1.807) is 25.6 Å².